The molecule has 1 aliphatic carbocycles. The van der Waals surface area contributed by atoms with Gasteiger partial charge in [-0.05, 0) is 18.9 Å². The first-order valence-electron chi connectivity index (χ1n) is 5.67. The lowest BCUT2D eigenvalue weighted by Crippen LogP contribution is -2.47. The highest BCUT2D eigenvalue weighted by Crippen LogP contribution is 2.31. The largest absolute Gasteiger partial charge is 0.481 e. The number of rotatable bonds is 3. The molecule has 2 N–H and O–H groups in total. The average molecular weight is 250 g/mol. The molecule has 1 saturated carbocycles. The van der Waals surface area contributed by atoms with E-state index in [1.165, 1.54) is 23.2 Å². The predicted octanol–water partition coefficient (Wildman–Crippen LogP) is 0.310. The fraction of sp³-hybridized carbons (Fsp3) is 0.417. The van der Waals surface area contributed by atoms with Crippen LogP contribution in [0.15, 0.2) is 23.1 Å². The van der Waals surface area contributed by atoms with E-state index in [2.05, 4.69) is 4.98 Å². The number of pyridine rings is 1. The number of carbonyl (C=O) groups excluding carboxylic acids is 1. The van der Waals surface area contributed by atoms with Crippen molar-refractivity contribution in [3.05, 3.63) is 34.2 Å². The first-order chi connectivity index (χ1) is 8.49. The van der Waals surface area contributed by atoms with Gasteiger partial charge in [0.15, 0.2) is 0 Å². The number of hydrogen-bond donors (Lipinski definition) is 2. The van der Waals surface area contributed by atoms with Gasteiger partial charge in [0.2, 0.25) is 5.56 Å². The van der Waals surface area contributed by atoms with E-state index < -0.39 is 5.97 Å². The third-order valence-electron chi connectivity index (χ3n) is 3.35. The molecule has 0 saturated heterocycles. The Bertz CT molecular complexity index is 531. The lowest BCUT2D eigenvalue weighted by atomic mass is 9.79. The summed E-state index contributed by atoms with van der Waals surface area (Å²) < 4.78 is 0. The molecule has 0 aliphatic heterocycles. The molecule has 0 aromatic carbocycles. The molecule has 1 amide bonds. The highest BCUT2D eigenvalue weighted by molar-refractivity contribution is 5.94. The van der Waals surface area contributed by atoms with E-state index in [0.29, 0.717) is 18.4 Å². The molecule has 1 aliphatic rings. The number of carbonyl (C=O) groups is 2. The number of carboxylic acids is 1. The summed E-state index contributed by atoms with van der Waals surface area (Å²) in [5.74, 6) is -1.43. The Morgan fingerprint density at radius 1 is 1.44 bits per heavy atom. The summed E-state index contributed by atoms with van der Waals surface area (Å²) >= 11 is 0. The SMILES string of the molecule is CN(C(=O)c1cc[nH]c(=O)c1)C1CC(C(=O)O)C1. The van der Waals surface area contributed by atoms with E-state index in [1.807, 2.05) is 0 Å². The molecular weight excluding hydrogens is 236 g/mol. The van der Waals surface area contributed by atoms with E-state index in [9.17, 15) is 14.4 Å². The molecule has 1 aromatic rings. The van der Waals surface area contributed by atoms with Crippen molar-refractivity contribution in [1.29, 1.82) is 0 Å². The van der Waals surface area contributed by atoms with Crippen molar-refractivity contribution in [2.24, 2.45) is 5.92 Å². The van der Waals surface area contributed by atoms with Crippen molar-refractivity contribution in [2.45, 2.75) is 18.9 Å². The number of aromatic amines is 1. The summed E-state index contributed by atoms with van der Waals surface area (Å²) in [6.45, 7) is 0. The van der Waals surface area contributed by atoms with Gasteiger partial charge in [-0.3, -0.25) is 14.4 Å². The van der Waals surface area contributed by atoms with Crippen LogP contribution in [-0.4, -0.2) is 40.0 Å². The second kappa shape index (κ2) is 4.64. The van der Waals surface area contributed by atoms with Crippen LogP contribution in [0, 0.1) is 5.92 Å². The molecule has 0 bridgehead atoms. The number of H-pyrrole nitrogens is 1. The molecule has 18 heavy (non-hydrogen) atoms. The van der Waals surface area contributed by atoms with E-state index in [-0.39, 0.29) is 23.4 Å². The summed E-state index contributed by atoms with van der Waals surface area (Å²) in [7, 11) is 1.63. The zero-order chi connectivity index (χ0) is 13.3. The Morgan fingerprint density at radius 3 is 2.67 bits per heavy atom. The van der Waals surface area contributed by atoms with E-state index in [4.69, 9.17) is 5.11 Å². The number of aromatic nitrogens is 1. The van der Waals surface area contributed by atoms with Gasteiger partial charge in [0, 0.05) is 30.9 Å². The number of amides is 1. The lowest BCUT2D eigenvalue weighted by Gasteiger charge is -2.39. The smallest absolute Gasteiger partial charge is 0.306 e. The number of aliphatic carboxylic acids is 1. The maximum absolute atomic E-state index is 12.0. The molecule has 6 heteroatoms. The van der Waals surface area contributed by atoms with Gasteiger partial charge in [0.05, 0.1) is 5.92 Å². The Labute approximate surface area is 103 Å². The summed E-state index contributed by atoms with van der Waals surface area (Å²) in [6.07, 6.45) is 2.37. The van der Waals surface area contributed by atoms with Crippen molar-refractivity contribution >= 4 is 11.9 Å². The molecule has 96 valence electrons. The number of nitrogens with zero attached hydrogens (tertiary/aromatic N) is 1. The van der Waals surface area contributed by atoms with E-state index >= 15 is 0 Å². The van der Waals surface area contributed by atoms with Gasteiger partial charge in [-0.2, -0.15) is 0 Å². The minimum atomic E-state index is -0.816. The average Bonchev–Trinajstić information content (AvgIpc) is 2.25. The summed E-state index contributed by atoms with van der Waals surface area (Å²) in [5, 5.41) is 8.78. The fourth-order valence-corrected chi connectivity index (χ4v) is 2.05. The standard InChI is InChI=1S/C12H14N2O4/c1-14(9-4-8(5-9)12(17)18)11(16)7-2-3-13-10(15)6-7/h2-3,6,8-9H,4-5H2,1H3,(H,13,15)(H,17,18). The van der Waals surface area contributed by atoms with Crippen LogP contribution in [0.25, 0.3) is 0 Å². The molecule has 1 aromatic heterocycles. The minimum Gasteiger partial charge on any atom is -0.481 e. The molecule has 0 radical (unpaired) electrons. The monoisotopic (exact) mass is 250 g/mol. The highest BCUT2D eigenvalue weighted by Gasteiger charge is 2.38. The fourth-order valence-electron chi connectivity index (χ4n) is 2.05. The molecule has 0 spiro atoms. The first kappa shape index (κ1) is 12.3. The Morgan fingerprint density at radius 2 is 2.11 bits per heavy atom. The quantitative estimate of drug-likeness (QED) is 0.807. The van der Waals surface area contributed by atoms with Crippen LogP contribution in [0.2, 0.25) is 0 Å². The van der Waals surface area contributed by atoms with Crippen LogP contribution in [0.4, 0.5) is 0 Å². The van der Waals surface area contributed by atoms with Crippen molar-refractivity contribution in [3.63, 3.8) is 0 Å². The second-order valence-electron chi connectivity index (χ2n) is 4.52. The summed E-state index contributed by atoms with van der Waals surface area (Å²) in [6, 6.07) is 2.72. The van der Waals surface area contributed by atoms with Gasteiger partial charge in [-0.1, -0.05) is 0 Å². The number of hydrogen-bond acceptors (Lipinski definition) is 3. The van der Waals surface area contributed by atoms with Gasteiger partial charge in [0.25, 0.3) is 5.91 Å². The molecule has 1 heterocycles. The zero-order valence-electron chi connectivity index (χ0n) is 9.92. The molecule has 1 fully saturated rings. The van der Waals surface area contributed by atoms with Crippen LogP contribution in [0.1, 0.15) is 23.2 Å². The third kappa shape index (κ3) is 2.27. The van der Waals surface area contributed by atoms with Crippen molar-refractivity contribution in [3.8, 4) is 0 Å². The van der Waals surface area contributed by atoms with E-state index in [0.717, 1.165) is 0 Å². The van der Waals surface area contributed by atoms with Crippen molar-refractivity contribution < 1.29 is 14.7 Å². The number of nitrogens with one attached hydrogen (secondary N) is 1. The summed E-state index contributed by atoms with van der Waals surface area (Å²) in [4.78, 5) is 37.8. The highest BCUT2D eigenvalue weighted by atomic mass is 16.4. The maximum atomic E-state index is 12.0. The normalized spacial score (nSPS) is 22.1. The van der Waals surface area contributed by atoms with Crippen LogP contribution in [-0.2, 0) is 4.79 Å². The van der Waals surface area contributed by atoms with Crippen LogP contribution < -0.4 is 5.56 Å². The van der Waals surface area contributed by atoms with Gasteiger partial charge in [0.1, 0.15) is 0 Å². The first-order valence-corrected chi connectivity index (χ1v) is 5.67. The van der Waals surface area contributed by atoms with Gasteiger partial charge >= 0.3 is 5.97 Å². The predicted molar refractivity (Wildman–Crippen MR) is 63.3 cm³/mol. The van der Waals surface area contributed by atoms with Crippen LogP contribution in [0.3, 0.4) is 0 Å². The molecular formula is C12H14N2O4. The van der Waals surface area contributed by atoms with Gasteiger partial charge < -0.3 is 15.0 Å². The minimum absolute atomic E-state index is 0.0575. The molecule has 0 atom stereocenters. The second-order valence-corrected chi connectivity index (χ2v) is 4.52. The molecule has 0 unspecified atom stereocenters. The van der Waals surface area contributed by atoms with Crippen LogP contribution >= 0.6 is 0 Å². The summed E-state index contributed by atoms with van der Waals surface area (Å²) in [5.41, 5.74) is -0.00806. The topological polar surface area (TPSA) is 90.5 Å². The Kier molecular flexibility index (Phi) is 3.18. The third-order valence-corrected chi connectivity index (χ3v) is 3.35. The molecule has 2 rings (SSSR count). The Balaban J connectivity index is 2.02. The van der Waals surface area contributed by atoms with Gasteiger partial charge in [-0.15, -0.1) is 0 Å². The zero-order valence-corrected chi connectivity index (χ0v) is 9.92. The number of carboxylic acid groups (broad SMARTS) is 1. The maximum Gasteiger partial charge on any atom is 0.306 e. The molecule has 6 nitrogen and oxygen atoms in total. The van der Waals surface area contributed by atoms with E-state index in [1.54, 1.807) is 7.05 Å². The lowest BCUT2D eigenvalue weighted by molar-refractivity contribution is -0.146. The van der Waals surface area contributed by atoms with Crippen molar-refractivity contribution in [2.75, 3.05) is 7.05 Å². The van der Waals surface area contributed by atoms with Crippen molar-refractivity contribution in [1.82, 2.24) is 9.88 Å². The van der Waals surface area contributed by atoms with Crippen LogP contribution in [0.5, 0.6) is 0 Å². The Hall–Kier alpha value is -2.11. The van der Waals surface area contributed by atoms with Gasteiger partial charge in [-0.25, -0.2) is 0 Å².